The Kier molecular flexibility index (Phi) is 6.33. The van der Waals surface area contributed by atoms with Crippen molar-refractivity contribution in [3.8, 4) is 0 Å². The minimum Gasteiger partial charge on any atom is -0.399 e. The fourth-order valence-corrected chi connectivity index (χ4v) is 3.21. The van der Waals surface area contributed by atoms with E-state index >= 15 is 0 Å². The third-order valence-electron chi connectivity index (χ3n) is 4.44. The summed E-state index contributed by atoms with van der Waals surface area (Å²) < 4.78 is 0. The fourth-order valence-electron chi connectivity index (χ4n) is 3.00. The van der Waals surface area contributed by atoms with Crippen LogP contribution in [0.25, 0.3) is 0 Å². The summed E-state index contributed by atoms with van der Waals surface area (Å²) in [5.74, 6) is 1.05. The molecular weight excluding hydrogens is 314 g/mol. The van der Waals surface area contributed by atoms with Crippen LogP contribution in [0.2, 0.25) is 5.02 Å². The van der Waals surface area contributed by atoms with Gasteiger partial charge in [0, 0.05) is 31.4 Å². The third kappa shape index (κ3) is 4.64. The van der Waals surface area contributed by atoms with Crippen LogP contribution in [-0.4, -0.2) is 30.3 Å². The maximum absolute atomic E-state index is 11.4. The number of rotatable bonds is 2. The Morgan fingerprint density at radius 3 is 2.65 bits per heavy atom. The van der Waals surface area contributed by atoms with Crippen LogP contribution in [0.5, 0.6) is 0 Å². The number of H-pyrrole nitrogens is 1. The number of aromatic amines is 1. The molecular formula is C16H26ClN5O. The number of hydrogen-bond donors (Lipinski definition) is 3. The Hall–Kier alpha value is -1.69. The average Bonchev–Trinajstić information content (AvgIpc) is 3.01. The van der Waals surface area contributed by atoms with Crippen LogP contribution in [0.4, 0.5) is 5.69 Å². The van der Waals surface area contributed by atoms with Crippen molar-refractivity contribution in [2.24, 2.45) is 11.7 Å². The summed E-state index contributed by atoms with van der Waals surface area (Å²) in [7, 11) is 1.85. The van der Waals surface area contributed by atoms with Gasteiger partial charge in [0.2, 0.25) is 0 Å². The zero-order chi connectivity index (χ0) is 16.8. The van der Waals surface area contributed by atoms with Crippen molar-refractivity contribution in [1.82, 2.24) is 15.5 Å². The predicted octanol–water partition coefficient (Wildman–Crippen LogP) is 2.22. The molecule has 1 fully saturated rings. The predicted molar refractivity (Wildman–Crippen MR) is 94.6 cm³/mol. The van der Waals surface area contributed by atoms with E-state index in [0.717, 1.165) is 30.3 Å². The van der Waals surface area contributed by atoms with Crippen LogP contribution in [0.1, 0.15) is 39.0 Å². The number of nitrogens with zero attached hydrogens (tertiary/aromatic N) is 2. The van der Waals surface area contributed by atoms with E-state index in [9.17, 15) is 4.79 Å². The summed E-state index contributed by atoms with van der Waals surface area (Å²) in [5, 5.41) is 9.26. The summed E-state index contributed by atoms with van der Waals surface area (Å²) in [6.07, 6.45) is 8.29. The Bertz CT molecular complexity index is 607. The van der Waals surface area contributed by atoms with Gasteiger partial charge in [0.15, 0.2) is 0 Å². The van der Waals surface area contributed by atoms with Crippen LogP contribution < -0.4 is 21.5 Å². The first-order valence-corrected chi connectivity index (χ1v) is 8.54. The van der Waals surface area contributed by atoms with Crippen LogP contribution in [0.15, 0.2) is 22.4 Å². The molecule has 2 aliphatic rings. The maximum atomic E-state index is 11.4. The first-order chi connectivity index (χ1) is 11.0. The van der Waals surface area contributed by atoms with Crippen LogP contribution in [0.3, 0.4) is 0 Å². The molecule has 1 aliphatic heterocycles. The average molecular weight is 340 g/mol. The summed E-state index contributed by atoms with van der Waals surface area (Å²) in [5.41, 5.74) is 7.96. The highest BCUT2D eigenvalue weighted by Gasteiger charge is 2.19. The molecule has 1 aromatic heterocycles. The van der Waals surface area contributed by atoms with E-state index in [2.05, 4.69) is 22.4 Å². The van der Waals surface area contributed by atoms with Crippen molar-refractivity contribution in [2.45, 2.75) is 39.0 Å². The standard InChI is InChI=1S/C10H14ClN5O.C6H12/c1-13-7-2-3-16(5-6(7)12)8-4-14-15-10(17)9(8)11;1-6-4-2-3-5-6/h4,13H,2-3,5,12H2,1H3,(H,15,17);6H,2-5H2,1H3. The molecule has 0 unspecified atom stereocenters. The second-order valence-corrected chi connectivity index (χ2v) is 6.59. The molecule has 4 N–H and O–H groups in total. The van der Waals surface area contributed by atoms with E-state index in [0.29, 0.717) is 12.2 Å². The zero-order valence-corrected chi connectivity index (χ0v) is 14.6. The van der Waals surface area contributed by atoms with Gasteiger partial charge in [0.25, 0.3) is 5.56 Å². The summed E-state index contributed by atoms with van der Waals surface area (Å²) in [6.45, 7) is 3.63. The van der Waals surface area contributed by atoms with Crippen molar-refractivity contribution >= 4 is 17.3 Å². The molecule has 0 bridgehead atoms. The summed E-state index contributed by atoms with van der Waals surface area (Å²) >= 11 is 5.95. The lowest BCUT2D eigenvalue weighted by Crippen LogP contribution is -2.37. The molecule has 0 saturated heterocycles. The highest BCUT2D eigenvalue weighted by Crippen LogP contribution is 2.24. The minimum absolute atomic E-state index is 0.153. The van der Waals surface area contributed by atoms with E-state index in [1.54, 1.807) is 6.20 Å². The quantitative estimate of drug-likeness (QED) is 0.769. The van der Waals surface area contributed by atoms with Crippen molar-refractivity contribution in [1.29, 1.82) is 0 Å². The molecule has 0 atom stereocenters. The number of nitrogens with two attached hydrogens (primary N) is 1. The topological polar surface area (TPSA) is 87.0 Å². The normalized spacial score (nSPS) is 18.7. The van der Waals surface area contributed by atoms with Crippen LogP contribution in [-0.2, 0) is 0 Å². The number of aromatic nitrogens is 2. The van der Waals surface area contributed by atoms with Gasteiger partial charge in [0.05, 0.1) is 18.4 Å². The van der Waals surface area contributed by atoms with Gasteiger partial charge < -0.3 is 16.0 Å². The van der Waals surface area contributed by atoms with Crippen LogP contribution >= 0.6 is 11.6 Å². The SMILES string of the molecule is CC1CCCC1.CNC1=C(N)CN(c2cn[nH]c(=O)c2Cl)CC1. The van der Waals surface area contributed by atoms with Gasteiger partial charge in [-0.1, -0.05) is 44.2 Å². The van der Waals surface area contributed by atoms with Crippen molar-refractivity contribution in [3.05, 3.63) is 33.0 Å². The highest BCUT2D eigenvalue weighted by molar-refractivity contribution is 6.33. The number of nitrogens with one attached hydrogen (secondary N) is 2. The molecule has 0 aromatic carbocycles. The van der Waals surface area contributed by atoms with E-state index < -0.39 is 0 Å². The fraction of sp³-hybridized carbons (Fsp3) is 0.625. The van der Waals surface area contributed by atoms with E-state index in [1.807, 2.05) is 11.9 Å². The van der Waals surface area contributed by atoms with E-state index in [1.165, 1.54) is 25.7 Å². The molecule has 1 aliphatic carbocycles. The van der Waals surface area contributed by atoms with Gasteiger partial charge >= 0.3 is 0 Å². The number of anilines is 1. The second-order valence-electron chi connectivity index (χ2n) is 6.21. The van der Waals surface area contributed by atoms with Crippen molar-refractivity contribution < 1.29 is 0 Å². The molecule has 0 spiro atoms. The molecule has 3 rings (SSSR count). The molecule has 1 aromatic rings. The minimum atomic E-state index is -0.383. The van der Waals surface area contributed by atoms with Gasteiger partial charge in [-0.2, -0.15) is 5.10 Å². The van der Waals surface area contributed by atoms with Crippen molar-refractivity contribution in [3.63, 3.8) is 0 Å². The van der Waals surface area contributed by atoms with Crippen molar-refractivity contribution in [2.75, 3.05) is 25.0 Å². The Labute approximate surface area is 142 Å². The third-order valence-corrected chi connectivity index (χ3v) is 4.81. The molecule has 128 valence electrons. The smallest absolute Gasteiger partial charge is 0.285 e. The second kappa shape index (κ2) is 8.24. The molecule has 23 heavy (non-hydrogen) atoms. The maximum Gasteiger partial charge on any atom is 0.285 e. The zero-order valence-electron chi connectivity index (χ0n) is 13.9. The molecule has 7 heteroatoms. The highest BCUT2D eigenvalue weighted by atomic mass is 35.5. The van der Waals surface area contributed by atoms with E-state index in [-0.39, 0.29) is 10.6 Å². The van der Waals surface area contributed by atoms with Gasteiger partial charge in [-0.3, -0.25) is 4.79 Å². The number of hydrogen-bond acceptors (Lipinski definition) is 5. The summed E-state index contributed by atoms with van der Waals surface area (Å²) in [6, 6.07) is 0. The Morgan fingerprint density at radius 2 is 2.13 bits per heavy atom. The Morgan fingerprint density at radius 1 is 1.43 bits per heavy atom. The summed E-state index contributed by atoms with van der Waals surface area (Å²) in [4.78, 5) is 13.3. The molecule has 0 radical (unpaired) electrons. The Balaban J connectivity index is 0.000000268. The molecule has 2 heterocycles. The lowest BCUT2D eigenvalue weighted by atomic mass is 10.1. The lowest BCUT2D eigenvalue weighted by Gasteiger charge is -2.30. The number of halogens is 1. The van der Waals surface area contributed by atoms with Gasteiger partial charge in [0.1, 0.15) is 5.02 Å². The van der Waals surface area contributed by atoms with Gasteiger partial charge in [-0.25, -0.2) is 5.10 Å². The molecule has 1 saturated carbocycles. The van der Waals surface area contributed by atoms with Gasteiger partial charge in [-0.05, 0) is 5.92 Å². The molecule has 6 nitrogen and oxygen atoms in total. The molecule has 0 amide bonds. The lowest BCUT2D eigenvalue weighted by molar-refractivity contribution is 0.612. The first-order valence-electron chi connectivity index (χ1n) is 8.16. The van der Waals surface area contributed by atoms with Crippen LogP contribution in [0, 0.1) is 5.92 Å². The monoisotopic (exact) mass is 339 g/mol. The van der Waals surface area contributed by atoms with E-state index in [4.69, 9.17) is 17.3 Å². The first kappa shape index (κ1) is 17.7. The largest absolute Gasteiger partial charge is 0.399 e. The van der Waals surface area contributed by atoms with Gasteiger partial charge in [-0.15, -0.1) is 0 Å².